The standard InChI is InChI=1S/C19H23NO2S/c1-16(23-15-18-10-6-3-7-11-18)19(21)20-12-13-22-14-17-8-4-2-5-9-17/h2-11,16H,12-15H2,1H3,(H,20,21)/t16-/m1/s1. The molecule has 2 aromatic rings. The van der Waals surface area contributed by atoms with Gasteiger partial charge in [-0.2, -0.15) is 0 Å². The summed E-state index contributed by atoms with van der Waals surface area (Å²) in [7, 11) is 0. The number of benzene rings is 2. The van der Waals surface area contributed by atoms with Crippen LogP contribution in [-0.2, 0) is 21.9 Å². The monoisotopic (exact) mass is 329 g/mol. The van der Waals surface area contributed by atoms with Gasteiger partial charge in [0.05, 0.1) is 18.5 Å². The van der Waals surface area contributed by atoms with Crippen LogP contribution in [0.4, 0.5) is 0 Å². The number of nitrogens with one attached hydrogen (secondary N) is 1. The van der Waals surface area contributed by atoms with Crippen molar-refractivity contribution in [3.63, 3.8) is 0 Å². The number of thioether (sulfide) groups is 1. The lowest BCUT2D eigenvalue weighted by Crippen LogP contribution is -2.33. The Kier molecular flexibility index (Phi) is 7.70. The maximum atomic E-state index is 12.0. The van der Waals surface area contributed by atoms with E-state index in [9.17, 15) is 4.79 Å². The molecule has 0 aliphatic heterocycles. The van der Waals surface area contributed by atoms with E-state index in [0.717, 1.165) is 11.3 Å². The van der Waals surface area contributed by atoms with Crippen molar-refractivity contribution in [2.24, 2.45) is 0 Å². The molecular formula is C19H23NO2S. The van der Waals surface area contributed by atoms with Crippen molar-refractivity contribution in [3.05, 3.63) is 71.8 Å². The normalized spacial score (nSPS) is 11.9. The molecule has 2 aromatic carbocycles. The number of hydrogen-bond donors (Lipinski definition) is 1. The van der Waals surface area contributed by atoms with E-state index in [4.69, 9.17) is 4.74 Å². The molecule has 1 N–H and O–H groups in total. The molecule has 0 heterocycles. The first kappa shape index (κ1) is 17.6. The fourth-order valence-corrected chi connectivity index (χ4v) is 2.90. The van der Waals surface area contributed by atoms with E-state index in [1.54, 1.807) is 11.8 Å². The maximum Gasteiger partial charge on any atom is 0.232 e. The average Bonchev–Trinajstić information content (AvgIpc) is 2.61. The van der Waals surface area contributed by atoms with E-state index in [-0.39, 0.29) is 11.2 Å². The van der Waals surface area contributed by atoms with Crippen molar-refractivity contribution in [2.45, 2.75) is 24.5 Å². The van der Waals surface area contributed by atoms with Crippen molar-refractivity contribution < 1.29 is 9.53 Å². The quantitative estimate of drug-likeness (QED) is 0.714. The zero-order valence-electron chi connectivity index (χ0n) is 13.4. The Hall–Kier alpha value is -1.78. The van der Waals surface area contributed by atoms with Gasteiger partial charge in [-0.25, -0.2) is 0 Å². The molecule has 122 valence electrons. The van der Waals surface area contributed by atoms with Crippen molar-refractivity contribution in [1.82, 2.24) is 5.32 Å². The maximum absolute atomic E-state index is 12.0. The predicted octanol–water partition coefficient (Wildman–Crippen LogP) is 3.64. The first-order chi connectivity index (χ1) is 11.3. The zero-order valence-corrected chi connectivity index (χ0v) is 14.2. The molecule has 0 radical (unpaired) electrons. The number of amides is 1. The number of hydrogen-bond acceptors (Lipinski definition) is 3. The van der Waals surface area contributed by atoms with E-state index < -0.39 is 0 Å². The highest BCUT2D eigenvalue weighted by Crippen LogP contribution is 2.17. The van der Waals surface area contributed by atoms with E-state index in [2.05, 4.69) is 17.4 Å². The Morgan fingerprint density at radius 3 is 2.30 bits per heavy atom. The van der Waals surface area contributed by atoms with Gasteiger partial charge < -0.3 is 10.1 Å². The minimum absolute atomic E-state index is 0.0641. The molecule has 0 saturated heterocycles. The molecule has 0 unspecified atom stereocenters. The predicted molar refractivity (Wildman–Crippen MR) is 96.3 cm³/mol. The Balaban J connectivity index is 1.57. The summed E-state index contributed by atoms with van der Waals surface area (Å²) in [5.74, 6) is 0.911. The molecule has 1 amide bonds. The number of carbonyl (C=O) groups is 1. The lowest BCUT2D eigenvalue weighted by molar-refractivity contribution is -0.120. The van der Waals surface area contributed by atoms with Crippen molar-refractivity contribution in [2.75, 3.05) is 13.2 Å². The first-order valence-electron chi connectivity index (χ1n) is 7.80. The van der Waals surface area contributed by atoms with Gasteiger partial charge in [0.1, 0.15) is 0 Å². The van der Waals surface area contributed by atoms with Crippen LogP contribution in [0.1, 0.15) is 18.1 Å². The van der Waals surface area contributed by atoms with E-state index in [1.165, 1.54) is 5.56 Å². The number of rotatable bonds is 9. The molecule has 0 fully saturated rings. The summed E-state index contributed by atoms with van der Waals surface area (Å²) in [6, 6.07) is 20.2. The highest BCUT2D eigenvalue weighted by molar-refractivity contribution is 7.99. The van der Waals surface area contributed by atoms with Crippen LogP contribution in [0.2, 0.25) is 0 Å². The largest absolute Gasteiger partial charge is 0.375 e. The Morgan fingerprint density at radius 2 is 1.65 bits per heavy atom. The van der Waals surface area contributed by atoms with Gasteiger partial charge >= 0.3 is 0 Å². The second-order valence-electron chi connectivity index (χ2n) is 5.27. The van der Waals surface area contributed by atoms with Crippen molar-refractivity contribution >= 4 is 17.7 Å². The Morgan fingerprint density at radius 1 is 1.04 bits per heavy atom. The SMILES string of the molecule is C[C@@H](SCc1ccccc1)C(=O)NCCOCc1ccccc1. The molecule has 0 bridgehead atoms. The van der Waals surface area contributed by atoms with Gasteiger partial charge in [0.25, 0.3) is 0 Å². The minimum Gasteiger partial charge on any atom is -0.375 e. The highest BCUT2D eigenvalue weighted by atomic mass is 32.2. The summed E-state index contributed by atoms with van der Waals surface area (Å²) in [6.07, 6.45) is 0. The van der Waals surface area contributed by atoms with Gasteiger partial charge in [-0.05, 0) is 18.1 Å². The van der Waals surface area contributed by atoms with Gasteiger partial charge in [0.2, 0.25) is 5.91 Å². The smallest absolute Gasteiger partial charge is 0.232 e. The summed E-state index contributed by atoms with van der Waals surface area (Å²) in [5, 5.41) is 2.85. The van der Waals surface area contributed by atoms with Gasteiger partial charge in [0, 0.05) is 12.3 Å². The van der Waals surface area contributed by atoms with Gasteiger partial charge in [0.15, 0.2) is 0 Å². The van der Waals surface area contributed by atoms with Crippen LogP contribution in [0.25, 0.3) is 0 Å². The van der Waals surface area contributed by atoms with Gasteiger partial charge in [-0.15, -0.1) is 11.8 Å². The third-order valence-corrected chi connectivity index (χ3v) is 4.58. The summed E-state index contributed by atoms with van der Waals surface area (Å²) in [6.45, 7) is 3.58. The molecule has 4 heteroatoms. The Bertz CT molecular complexity index is 574. The summed E-state index contributed by atoms with van der Waals surface area (Å²) >= 11 is 1.65. The number of carbonyl (C=O) groups excluding carboxylic acids is 1. The third kappa shape index (κ3) is 6.89. The first-order valence-corrected chi connectivity index (χ1v) is 8.85. The molecule has 0 aliphatic rings. The Labute approximate surface area is 142 Å². The minimum atomic E-state index is -0.0654. The third-order valence-electron chi connectivity index (χ3n) is 3.37. The van der Waals surface area contributed by atoms with E-state index >= 15 is 0 Å². The zero-order chi connectivity index (χ0) is 16.3. The van der Waals surface area contributed by atoms with Crippen LogP contribution in [0, 0.1) is 0 Å². The van der Waals surface area contributed by atoms with Crippen LogP contribution in [0.5, 0.6) is 0 Å². The van der Waals surface area contributed by atoms with E-state index in [0.29, 0.717) is 19.8 Å². The van der Waals surface area contributed by atoms with Crippen molar-refractivity contribution in [1.29, 1.82) is 0 Å². The second-order valence-corrected chi connectivity index (χ2v) is 6.60. The van der Waals surface area contributed by atoms with Gasteiger partial charge in [-0.1, -0.05) is 60.7 Å². The van der Waals surface area contributed by atoms with Crippen LogP contribution >= 0.6 is 11.8 Å². The fraction of sp³-hybridized carbons (Fsp3) is 0.316. The molecule has 0 aromatic heterocycles. The summed E-state index contributed by atoms with van der Waals surface area (Å²) in [5.41, 5.74) is 2.38. The topological polar surface area (TPSA) is 38.3 Å². The van der Waals surface area contributed by atoms with Crippen LogP contribution < -0.4 is 5.32 Å². The molecule has 0 aliphatic carbocycles. The van der Waals surface area contributed by atoms with Crippen LogP contribution in [-0.4, -0.2) is 24.3 Å². The molecule has 0 spiro atoms. The van der Waals surface area contributed by atoms with Crippen molar-refractivity contribution in [3.8, 4) is 0 Å². The molecule has 23 heavy (non-hydrogen) atoms. The lowest BCUT2D eigenvalue weighted by Gasteiger charge is -2.12. The summed E-state index contributed by atoms with van der Waals surface area (Å²) < 4.78 is 5.56. The van der Waals surface area contributed by atoms with Crippen LogP contribution in [0.3, 0.4) is 0 Å². The highest BCUT2D eigenvalue weighted by Gasteiger charge is 2.12. The van der Waals surface area contributed by atoms with E-state index in [1.807, 2.05) is 55.5 Å². The fourth-order valence-electron chi connectivity index (χ4n) is 2.03. The summed E-state index contributed by atoms with van der Waals surface area (Å²) in [4.78, 5) is 12.0. The molecular weight excluding hydrogens is 306 g/mol. The molecule has 0 saturated carbocycles. The number of ether oxygens (including phenoxy) is 1. The van der Waals surface area contributed by atoms with Crippen LogP contribution in [0.15, 0.2) is 60.7 Å². The molecule has 3 nitrogen and oxygen atoms in total. The molecule has 2 rings (SSSR count). The molecule has 1 atom stereocenters. The van der Waals surface area contributed by atoms with Gasteiger partial charge in [-0.3, -0.25) is 4.79 Å². The lowest BCUT2D eigenvalue weighted by atomic mass is 10.2. The second kappa shape index (κ2) is 10.1. The average molecular weight is 329 g/mol.